The Morgan fingerprint density at radius 3 is 2.71 bits per heavy atom. The molecule has 1 atom stereocenters. The highest BCUT2D eigenvalue weighted by Gasteiger charge is 2.05. The Morgan fingerprint density at radius 2 is 2.24 bits per heavy atom. The Kier molecular flexibility index (Phi) is 5.94. The predicted molar refractivity (Wildman–Crippen MR) is 71.4 cm³/mol. The van der Waals surface area contributed by atoms with Crippen LogP contribution in [0.15, 0.2) is 18.3 Å². The summed E-state index contributed by atoms with van der Waals surface area (Å²) in [6, 6.07) is 4.33. The molecule has 0 aliphatic carbocycles. The fourth-order valence-electron chi connectivity index (χ4n) is 1.73. The maximum atomic E-state index is 5.76. The van der Waals surface area contributed by atoms with E-state index in [0.29, 0.717) is 0 Å². The van der Waals surface area contributed by atoms with Gasteiger partial charge in [0.15, 0.2) is 0 Å². The van der Waals surface area contributed by atoms with Gasteiger partial charge in [-0.05, 0) is 31.9 Å². The van der Waals surface area contributed by atoms with Gasteiger partial charge in [-0.3, -0.25) is 0 Å². The van der Waals surface area contributed by atoms with Gasteiger partial charge in [0, 0.05) is 32.4 Å². The number of nitrogens with zero attached hydrogens (tertiary/aromatic N) is 2. The van der Waals surface area contributed by atoms with Crippen LogP contribution in [0, 0.1) is 0 Å². The van der Waals surface area contributed by atoms with E-state index in [4.69, 9.17) is 10.5 Å². The van der Waals surface area contributed by atoms with E-state index < -0.39 is 0 Å². The first-order chi connectivity index (χ1) is 8.17. The Balaban J connectivity index is 2.64. The van der Waals surface area contributed by atoms with Gasteiger partial charge in [0.2, 0.25) is 0 Å². The van der Waals surface area contributed by atoms with Crippen molar-refractivity contribution in [3.63, 3.8) is 0 Å². The maximum Gasteiger partial charge on any atom is 0.128 e. The quantitative estimate of drug-likeness (QED) is 0.779. The molecule has 0 aromatic carbocycles. The highest BCUT2D eigenvalue weighted by atomic mass is 16.5. The number of hydrogen-bond acceptors (Lipinski definition) is 4. The molecule has 0 bridgehead atoms. The van der Waals surface area contributed by atoms with Crippen LogP contribution >= 0.6 is 0 Å². The summed E-state index contributed by atoms with van der Waals surface area (Å²) in [5.41, 5.74) is 6.95. The van der Waals surface area contributed by atoms with Gasteiger partial charge in [0.05, 0.1) is 6.61 Å². The van der Waals surface area contributed by atoms with Crippen molar-refractivity contribution < 1.29 is 4.74 Å². The van der Waals surface area contributed by atoms with E-state index >= 15 is 0 Å². The van der Waals surface area contributed by atoms with Crippen molar-refractivity contribution in [2.75, 3.05) is 31.7 Å². The van der Waals surface area contributed by atoms with Gasteiger partial charge in [-0.2, -0.15) is 0 Å². The van der Waals surface area contributed by atoms with Crippen LogP contribution in [0.25, 0.3) is 0 Å². The van der Waals surface area contributed by atoms with Crippen LogP contribution in [0.2, 0.25) is 0 Å². The smallest absolute Gasteiger partial charge is 0.128 e. The molecule has 0 amide bonds. The second-order valence-corrected chi connectivity index (χ2v) is 4.28. The lowest BCUT2D eigenvalue weighted by molar-refractivity contribution is 0.205. The average molecular weight is 237 g/mol. The van der Waals surface area contributed by atoms with Crippen molar-refractivity contribution in [2.45, 2.75) is 26.3 Å². The van der Waals surface area contributed by atoms with Gasteiger partial charge in [-0.1, -0.05) is 6.07 Å². The largest absolute Gasteiger partial charge is 0.383 e. The summed E-state index contributed by atoms with van der Waals surface area (Å²) in [6.07, 6.45) is 2.78. The molecular weight excluding hydrogens is 214 g/mol. The molecule has 0 fully saturated rings. The van der Waals surface area contributed by atoms with Crippen molar-refractivity contribution in [1.29, 1.82) is 0 Å². The van der Waals surface area contributed by atoms with Crippen molar-refractivity contribution in [3.05, 3.63) is 23.9 Å². The first kappa shape index (κ1) is 13.9. The third-order valence-corrected chi connectivity index (χ3v) is 2.64. The van der Waals surface area contributed by atoms with Crippen LogP contribution in [0.4, 0.5) is 5.82 Å². The monoisotopic (exact) mass is 237 g/mol. The average Bonchev–Trinajstić information content (AvgIpc) is 2.31. The Hall–Kier alpha value is -1.13. The molecule has 4 heteroatoms. The fourth-order valence-corrected chi connectivity index (χ4v) is 1.73. The molecule has 2 N–H and O–H groups in total. The number of pyridine rings is 1. The van der Waals surface area contributed by atoms with Gasteiger partial charge in [-0.15, -0.1) is 0 Å². The molecule has 0 aliphatic heterocycles. The number of aromatic nitrogens is 1. The molecule has 1 unspecified atom stereocenters. The summed E-state index contributed by atoms with van der Waals surface area (Å²) in [5.74, 6) is 0.998. The molecule has 4 nitrogen and oxygen atoms in total. The minimum atomic E-state index is 0.179. The number of likely N-dealkylation sites (N-methyl/N-ethyl adjacent to an activating group) is 1. The molecule has 0 spiro atoms. The summed E-state index contributed by atoms with van der Waals surface area (Å²) >= 11 is 0. The normalized spacial score (nSPS) is 12.5. The standard InChI is InChI=1S/C13H23N3O/c1-4-16(7-8-17-3)13-6-5-12(10-15-13)9-11(2)14/h5-6,10-11H,4,7-9,14H2,1-3H3. The zero-order chi connectivity index (χ0) is 12.7. The predicted octanol–water partition coefficient (Wildman–Crippen LogP) is 1.44. The number of ether oxygens (including phenoxy) is 1. The lowest BCUT2D eigenvalue weighted by Gasteiger charge is -2.21. The maximum absolute atomic E-state index is 5.76. The molecule has 0 radical (unpaired) electrons. The molecule has 96 valence electrons. The summed E-state index contributed by atoms with van der Waals surface area (Å²) in [6.45, 7) is 6.64. The zero-order valence-corrected chi connectivity index (χ0v) is 11.0. The lowest BCUT2D eigenvalue weighted by atomic mass is 10.1. The van der Waals surface area contributed by atoms with Crippen LogP contribution in [0.3, 0.4) is 0 Å². The SMILES string of the molecule is CCN(CCOC)c1ccc(CC(C)N)cn1. The number of methoxy groups -OCH3 is 1. The highest BCUT2D eigenvalue weighted by molar-refractivity contribution is 5.39. The van der Waals surface area contributed by atoms with Gasteiger partial charge < -0.3 is 15.4 Å². The van der Waals surface area contributed by atoms with Gasteiger partial charge in [0.25, 0.3) is 0 Å². The lowest BCUT2D eigenvalue weighted by Crippen LogP contribution is -2.27. The second kappa shape index (κ2) is 7.25. The fraction of sp³-hybridized carbons (Fsp3) is 0.615. The van der Waals surface area contributed by atoms with Crippen LogP contribution in [-0.2, 0) is 11.2 Å². The van der Waals surface area contributed by atoms with Crippen LogP contribution in [0.5, 0.6) is 0 Å². The number of nitrogens with two attached hydrogens (primary N) is 1. The highest BCUT2D eigenvalue weighted by Crippen LogP contribution is 2.11. The van der Waals surface area contributed by atoms with E-state index in [0.717, 1.165) is 31.9 Å². The first-order valence-corrected chi connectivity index (χ1v) is 6.11. The van der Waals surface area contributed by atoms with Crippen molar-refractivity contribution in [2.24, 2.45) is 5.73 Å². The molecule has 0 aliphatic rings. The summed E-state index contributed by atoms with van der Waals surface area (Å²) in [7, 11) is 1.72. The molecule has 1 aromatic rings. The van der Waals surface area contributed by atoms with Crippen molar-refractivity contribution in [1.82, 2.24) is 4.98 Å². The summed E-state index contributed by atoms with van der Waals surface area (Å²) in [4.78, 5) is 6.66. The molecule has 0 saturated heterocycles. The van der Waals surface area contributed by atoms with Crippen LogP contribution in [-0.4, -0.2) is 37.8 Å². The minimum absolute atomic E-state index is 0.179. The van der Waals surface area contributed by atoms with E-state index in [-0.39, 0.29) is 6.04 Å². The Morgan fingerprint density at radius 1 is 1.47 bits per heavy atom. The Bertz CT molecular complexity index is 311. The van der Waals surface area contributed by atoms with Gasteiger partial charge >= 0.3 is 0 Å². The molecule has 1 rings (SSSR count). The van der Waals surface area contributed by atoms with E-state index in [2.05, 4.69) is 28.9 Å². The molecule has 17 heavy (non-hydrogen) atoms. The Labute approximate surface area is 104 Å². The van der Waals surface area contributed by atoms with E-state index in [1.807, 2.05) is 13.1 Å². The summed E-state index contributed by atoms with van der Waals surface area (Å²) in [5, 5.41) is 0. The molecular formula is C13H23N3O. The zero-order valence-electron chi connectivity index (χ0n) is 11.0. The number of hydrogen-bond donors (Lipinski definition) is 1. The molecule has 1 aromatic heterocycles. The second-order valence-electron chi connectivity index (χ2n) is 4.28. The van der Waals surface area contributed by atoms with Gasteiger partial charge in [0.1, 0.15) is 5.82 Å². The van der Waals surface area contributed by atoms with Crippen molar-refractivity contribution >= 4 is 5.82 Å². The molecule has 1 heterocycles. The van der Waals surface area contributed by atoms with E-state index in [1.165, 1.54) is 5.56 Å². The first-order valence-electron chi connectivity index (χ1n) is 6.11. The summed E-state index contributed by atoms with van der Waals surface area (Å²) < 4.78 is 5.09. The van der Waals surface area contributed by atoms with Crippen LogP contribution < -0.4 is 10.6 Å². The van der Waals surface area contributed by atoms with E-state index in [9.17, 15) is 0 Å². The third-order valence-electron chi connectivity index (χ3n) is 2.64. The molecule has 0 saturated carbocycles. The van der Waals surface area contributed by atoms with Crippen LogP contribution in [0.1, 0.15) is 19.4 Å². The number of anilines is 1. The topological polar surface area (TPSA) is 51.4 Å². The third kappa shape index (κ3) is 4.71. The van der Waals surface area contributed by atoms with Gasteiger partial charge in [-0.25, -0.2) is 4.98 Å². The van der Waals surface area contributed by atoms with Crippen molar-refractivity contribution in [3.8, 4) is 0 Å². The minimum Gasteiger partial charge on any atom is -0.383 e. The number of rotatable bonds is 7. The van der Waals surface area contributed by atoms with E-state index in [1.54, 1.807) is 7.11 Å².